The molecule has 0 unspecified atom stereocenters. The first-order valence-corrected chi connectivity index (χ1v) is 7.18. The normalized spacial score (nSPS) is 16.7. The highest BCUT2D eigenvalue weighted by Gasteiger charge is 2.30. The molecule has 0 radical (unpaired) electrons. The average molecular weight is 322 g/mol. The number of esters is 3. The fourth-order valence-corrected chi connectivity index (χ4v) is 2.66. The summed E-state index contributed by atoms with van der Waals surface area (Å²) in [6, 6.07) is 9.46. The van der Waals surface area contributed by atoms with Crippen molar-refractivity contribution < 1.29 is 28.6 Å². The van der Waals surface area contributed by atoms with E-state index in [9.17, 15) is 14.4 Å². The Labute approximate surface area is 136 Å². The molecule has 2 aliphatic heterocycles. The third-order valence-corrected chi connectivity index (χ3v) is 3.79. The summed E-state index contributed by atoms with van der Waals surface area (Å²) in [6.07, 6.45) is 1.72. The van der Waals surface area contributed by atoms with Crippen LogP contribution in [0.2, 0.25) is 0 Å². The van der Waals surface area contributed by atoms with Gasteiger partial charge in [0.15, 0.2) is 0 Å². The van der Waals surface area contributed by atoms with Crippen molar-refractivity contribution >= 4 is 23.7 Å². The van der Waals surface area contributed by atoms with E-state index in [0.29, 0.717) is 28.4 Å². The molecule has 2 aromatic carbocycles. The highest BCUT2D eigenvalue weighted by Crippen LogP contribution is 2.34. The van der Waals surface area contributed by atoms with Gasteiger partial charge in [0.05, 0.1) is 16.7 Å². The first-order valence-electron chi connectivity index (χ1n) is 7.18. The highest BCUT2D eigenvalue weighted by molar-refractivity contribution is 6.14. The Kier molecular flexibility index (Phi) is 2.99. The minimum absolute atomic E-state index is 0.161. The molecule has 4 rings (SSSR count). The summed E-state index contributed by atoms with van der Waals surface area (Å²) in [5.74, 6) is -0.512. The zero-order valence-corrected chi connectivity index (χ0v) is 12.5. The molecule has 2 aromatic rings. The van der Waals surface area contributed by atoms with E-state index in [2.05, 4.69) is 4.74 Å². The van der Waals surface area contributed by atoms with Crippen LogP contribution in [0.15, 0.2) is 42.5 Å². The van der Waals surface area contributed by atoms with Crippen LogP contribution in [0.5, 0.6) is 11.5 Å². The number of allylic oxidation sites excluding steroid dienone is 1. The second-order valence-electron chi connectivity index (χ2n) is 5.24. The first-order chi connectivity index (χ1) is 11.6. The first kappa shape index (κ1) is 14.2. The number of cyclic esters (lactones) is 3. The Morgan fingerprint density at radius 2 is 1.29 bits per heavy atom. The van der Waals surface area contributed by atoms with Gasteiger partial charge in [0.1, 0.15) is 17.3 Å². The van der Waals surface area contributed by atoms with Gasteiger partial charge in [-0.2, -0.15) is 0 Å². The molecule has 0 spiro atoms. The third kappa shape index (κ3) is 2.08. The van der Waals surface area contributed by atoms with Crippen molar-refractivity contribution in [2.75, 3.05) is 0 Å². The maximum absolute atomic E-state index is 11.9. The van der Waals surface area contributed by atoms with E-state index in [1.54, 1.807) is 37.3 Å². The van der Waals surface area contributed by atoms with Crippen molar-refractivity contribution in [1.29, 1.82) is 0 Å². The van der Waals surface area contributed by atoms with E-state index in [1.165, 1.54) is 12.1 Å². The standard InChI is InChI=1S/C18H10O6/c1-2-15-11-5-3-9(7-13(11)17(20)23-15)22-10-4-6-12-14(8-10)18(21)24-16(12)19/h2-8H,1H3/b15-2-. The Bertz CT molecular complexity index is 954. The van der Waals surface area contributed by atoms with Crippen LogP contribution in [-0.4, -0.2) is 17.9 Å². The van der Waals surface area contributed by atoms with E-state index < -0.39 is 17.9 Å². The largest absolute Gasteiger partial charge is 0.457 e. The molecular weight excluding hydrogens is 312 g/mol. The van der Waals surface area contributed by atoms with Crippen LogP contribution in [0.3, 0.4) is 0 Å². The van der Waals surface area contributed by atoms with Gasteiger partial charge in [0, 0.05) is 5.56 Å². The van der Waals surface area contributed by atoms with E-state index in [0.717, 1.165) is 0 Å². The quantitative estimate of drug-likeness (QED) is 0.623. The van der Waals surface area contributed by atoms with Gasteiger partial charge < -0.3 is 14.2 Å². The van der Waals surface area contributed by atoms with Gasteiger partial charge in [-0.1, -0.05) is 0 Å². The van der Waals surface area contributed by atoms with Crippen LogP contribution < -0.4 is 4.74 Å². The van der Waals surface area contributed by atoms with Crippen molar-refractivity contribution in [3.05, 3.63) is 64.7 Å². The van der Waals surface area contributed by atoms with Gasteiger partial charge in [-0.3, -0.25) is 0 Å². The van der Waals surface area contributed by atoms with E-state index in [4.69, 9.17) is 9.47 Å². The second-order valence-corrected chi connectivity index (χ2v) is 5.24. The van der Waals surface area contributed by atoms with Gasteiger partial charge in [-0.05, 0) is 49.4 Å². The lowest BCUT2D eigenvalue weighted by Crippen LogP contribution is -1.97. The van der Waals surface area contributed by atoms with E-state index >= 15 is 0 Å². The smallest absolute Gasteiger partial charge is 0.347 e. The lowest BCUT2D eigenvalue weighted by atomic mass is 10.1. The predicted octanol–water partition coefficient (Wildman–Crippen LogP) is 3.32. The monoisotopic (exact) mass is 322 g/mol. The van der Waals surface area contributed by atoms with Crippen molar-refractivity contribution in [3.63, 3.8) is 0 Å². The Hall–Kier alpha value is -3.41. The second kappa shape index (κ2) is 5.06. The van der Waals surface area contributed by atoms with Gasteiger partial charge >= 0.3 is 17.9 Å². The van der Waals surface area contributed by atoms with Crippen LogP contribution in [0, 0.1) is 0 Å². The summed E-state index contributed by atoms with van der Waals surface area (Å²) >= 11 is 0. The van der Waals surface area contributed by atoms with Gasteiger partial charge in [0.2, 0.25) is 0 Å². The van der Waals surface area contributed by atoms with Crippen molar-refractivity contribution in [2.24, 2.45) is 0 Å². The van der Waals surface area contributed by atoms with Crippen LogP contribution in [0.1, 0.15) is 43.6 Å². The average Bonchev–Trinajstić information content (AvgIpc) is 3.04. The molecule has 0 atom stereocenters. The molecule has 0 aromatic heterocycles. The maximum atomic E-state index is 11.9. The number of rotatable bonds is 2. The summed E-state index contributed by atoms with van der Waals surface area (Å²) in [5, 5.41) is 0. The highest BCUT2D eigenvalue weighted by atomic mass is 16.6. The topological polar surface area (TPSA) is 78.9 Å². The maximum Gasteiger partial charge on any atom is 0.347 e. The summed E-state index contributed by atoms with van der Waals surface area (Å²) in [4.78, 5) is 34.9. The molecule has 6 nitrogen and oxygen atoms in total. The lowest BCUT2D eigenvalue weighted by Gasteiger charge is -2.07. The van der Waals surface area contributed by atoms with E-state index in [1.807, 2.05) is 0 Å². The third-order valence-electron chi connectivity index (χ3n) is 3.79. The molecule has 0 bridgehead atoms. The molecule has 0 saturated carbocycles. The van der Waals surface area contributed by atoms with Crippen molar-refractivity contribution in [2.45, 2.75) is 6.92 Å². The minimum Gasteiger partial charge on any atom is -0.457 e. The summed E-state index contributed by atoms with van der Waals surface area (Å²) < 4.78 is 15.4. The van der Waals surface area contributed by atoms with Crippen molar-refractivity contribution in [1.82, 2.24) is 0 Å². The number of hydrogen-bond donors (Lipinski definition) is 0. The number of fused-ring (bicyclic) bond motifs is 2. The minimum atomic E-state index is -0.698. The SMILES string of the molecule is C/C=C1\OC(=O)c2cc(Oc3ccc4c(c3)C(=O)OC4=O)ccc21. The number of benzene rings is 2. The Balaban J connectivity index is 1.67. The summed E-state index contributed by atoms with van der Waals surface area (Å²) in [7, 11) is 0. The summed E-state index contributed by atoms with van der Waals surface area (Å²) in [6.45, 7) is 1.78. The van der Waals surface area contributed by atoms with E-state index in [-0.39, 0.29) is 11.1 Å². The molecule has 0 N–H and O–H groups in total. The molecule has 0 fully saturated rings. The molecule has 6 heteroatoms. The van der Waals surface area contributed by atoms with Gasteiger partial charge in [-0.15, -0.1) is 0 Å². The number of hydrogen-bond acceptors (Lipinski definition) is 6. The molecule has 118 valence electrons. The number of carbonyl (C=O) groups excluding carboxylic acids is 3. The number of ether oxygens (including phenoxy) is 3. The van der Waals surface area contributed by atoms with Crippen LogP contribution >= 0.6 is 0 Å². The fraction of sp³-hybridized carbons (Fsp3) is 0.0556. The molecule has 0 saturated heterocycles. The zero-order valence-electron chi connectivity index (χ0n) is 12.5. The molecule has 2 aliphatic rings. The molecule has 0 aliphatic carbocycles. The van der Waals surface area contributed by atoms with Gasteiger partial charge in [0.25, 0.3) is 0 Å². The molecular formula is C18H10O6. The lowest BCUT2D eigenvalue weighted by molar-refractivity contribution is 0.0443. The predicted molar refractivity (Wildman–Crippen MR) is 81.8 cm³/mol. The van der Waals surface area contributed by atoms with Gasteiger partial charge in [-0.25, -0.2) is 14.4 Å². The van der Waals surface area contributed by atoms with Crippen LogP contribution in [0.25, 0.3) is 5.76 Å². The summed E-state index contributed by atoms with van der Waals surface area (Å²) in [5.41, 5.74) is 1.49. The Morgan fingerprint density at radius 1 is 0.750 bits per heavy atom. The molecule has 2 heterocycles. The fourth-order valence-electron chi connectivity index (χ4n) is 2.66. The number of carbonyl (C=O) groups is 3. The molecule has 24 heavy (non-hydrogen) atoms. The van der Waals surface area contributed by atoms with Crippen molar-refractivity contribution in [3.8, 4) is 11.5 Å². The Morgan fingerprint density at radius 3 is 1.96 bits per heavy atom. The molecule has 0 amide bonds. The van der Waals surface area contributed by atoms with Crippen LogP contribution in [-0.2, 0) is 9.47 Å². The zero-order chi connectivity index (χ0) is 16.8. The van der Waals surface area contributed by atoms with Crippen LogP contribution in [0.4, 0.5) is 0 Å².